The fourth-order valence-corrected chi connectivity index (χ4v) is 11.3. The molecule has 9 aromatic carbocycles. The fraction of sp³-hybridized carbons (Fsp3) is 0. The van der Waals surface area contributed by atoms with Crippen LogP contribution in [0.1, 0.15) is 0 Å². The van der Waals surface area contributed by atoms with Crippen molar-refractivity contribution in [2.45, 2.75) is 0 Å². The molecule has 3 aromatic heterocycles. The Hall–Kier alpha value is -6.72. The Kier molecular flexibility index (Phi) is 7.00. The van der Waals surface area contributed by atoms with E-state index in [0.717, 1.165) is 38.9 Å². The summed E-state index contributed by atoms with van der Waals surface area (Å²) in [6.45, 7) is 0. The molecule has 0 saturated heterocycles. The summed E-state index contributed by atoms with van der Waals surface area (Å²) in [6, 6.07) is 68.3. The van der Waals surface area contributed by atoms with E-state index >= 15 is 0 Å². The van der Waals surface area contributed by atoms with E-state index < -0.39 is 0 Å². The first-order valence-corrected chi connectivity index (χ1v) is 20.6. The number of nitrogens with zero attached hydrogens (tertiary/aromatic N) is 1. The van der Waals surface area contributed by atoms with E-state index in [2.05, 4.69) is 187 Å². The van der Waals surface area contributed by atoms with Crippen LogP contribution in [0.4, 0.5) is 17.1 Å². The molecule has 0 fully saturated rings. The number of hydrogen-bond acceptors (Lipinski definition) is 4. The van der Waals surface area contributed by atoms with Gasteiger partial charge in [-0.05, 0) is 64.5 Å². The highest BCUT2D eigenvalue weighted by molar-refractivity contribution is 7.27. The third-order valence-corrected chi connectivity index (χ3v) is 13.7. The summed E-state index contributed by atoms with van der Waals surface area (Å²) >= 11 is 3.76. The molecule has 0 atom stereocenters. The van der Waals surface area contributed by atoms with Gasteiger partial charge in [0.2, 0.25) is 0 Å². The van der Waals surface area contributed by atoms with Crippen LogP contribution in [0, 0.1) is 0 Å². The minimum absolute atomic E-state index is 0.915. The lowest BCUT2D eigenvalue weighted by atomic mass is 9.96. The molecular formula is C52H31NOS2. The monoisotopic (exact) mass is 749 g/mol. The molecule has 0 saturated carbocycles. The molecule has 0 aliphatic rings. The first-order chi connectivity index (χ1) is 27.8. The molecule has 0 aliphatic carbocycles. The second kappa shape index (κ2) is 12.4. The highest BCUT2D eigenvalue weighted by Gasteiger charge is 2.23. The molecule has 0 bridgehead atoms. The van der Waals surface area contributed by atoms with Crippen molar-refractivity contribution >= 4 is 113 Å². The SMILES string of the molecule is c1ccc(-c2ccc(N(c3cccc4c3sc3ccccc34)c3cccc4ccc5c(sc6cccc(-c7cccc8c7oc7ccccc78)c65)c34)cc2)cc1. The zero-order chi connectivity index (χ0) is 36.7. The molecule has 0 N–H and O–H groups in total. The molecule has 12 rings (SSSR count). The summed E-state index contributed by atoms with van der Waals surface area (Å²) in [5.41, 5.74) is 10.0. The van der Waals surface area contributed by atoms with Crippen molar-refractivity contribution in [3.05, 3.63) is 188 Å². The average molecular weight is 750 g/mol. The Morgan fingerprint density at radius 3 is 1.95 bits per heavy atom. The Balaban J connectivity index is 1.13. The lowest BCUT2D eigenvalue weighted by Gasteiger charge is -2.28. The standard InChI is InChI=1S/C52H31NOS2/c1-2-12-32(13-3-1)33-26-29-35(30-27-33)53(44-22-10-20-41-37-16-5-7-24-46(37)55-51(41)44)43-21-8-14-34-28-31-42-49-38(17-11-25-47(49)56-52(42)48(34)43)40-19-9-18-39-36-15-4-6-23-45(36)54-50(39)40/h1-31H. The molecule has 56 heavy (non-hydrogen) atoms. The molecule has 3 heterocycles. The maximum absolute atomic E-state index is 6.59. The van der Waals surface area contributed by atoms with E-state index in [9.17, 15) is 0 Å². The van der Waals surface area contributed by atoms with E-state index in [4.69, 9.17) is 4.42 Å². The molecule has 0 aliphatic heterocycles. The van der Waals surface area contributed by atoms with E-state index in [1.165, 1.54) is 73.5 Å². The van der Waals surface area contributed by atoms with Gasteiger partial charge in [-0.2, -0.15) is 0 Å². The quantitative estimate of drug-likeness (QED) is 0.174. The lowest BCUT2D eigenvalue weighted by molar-refractivity contribution is 0.670. The van der Waals surface area contributed by atoms with E-state index in [-0.39, 0.29) is 0 Å². The van der Waals surface area contributed by atoms with Crippen LogP contribution in [-0.2, 0) is 0 Å². The normalized spacial score (nSPS) is 11.9. The number of hydrogen-bond donors (Lipinski definition) is 0. The van der Waals surface area contributed by atoms with Crippen LogP contribution in [0.2, 0.25) is 0 Å². The van der Waals surface area contributed by atoms with Gasteiger partial charge in [0.25, 0.3) is 0 Å². The van der Waals surface area contributed by atoms with E-state index in [1.54, 1.807) is 0 Å². The predicted octanol–water partition coefficient (Wildman–Crippen LogP) is 16.3. The van der Waals surface area contributed by atoms with Crippen molar-refractivity contribution in [3.63, 3.8) is 0 Å². The maximum atomic E-state index is 6.59. The molecule has 4 heteroatoms. The van der Waals surface area contributed by atoms with Crippen LogP contribution in [0.5, 0.6) is 0 Å². The van der Waals surface area contributed by atoms with Gasteiger partial charge < -0.3 is 9.32 Å². The topological polar surface area (TPSA) is 16.4 Å². The predicted molar refractivity (Wildman–Crippen MR) is 243 cm³/mol. The van der Waals surface area contributed by atoms with Gasteiger partial charge in [0, 0.05) is 63.1 Å². The second-order valence-corrected chi connectivity index (χ2v) is 16.5. The van der Waals surface area contributed by atoms with Gasteiger partial charge in [0.05, 0.1) is 16.1 Å². The minimum atomic E-state index is 0.915. The van der Waals surface area contributed by atoms with E-state index in [0.29, 0.717) is 0 Å². The van der Waals surface area contributed by atoms with Crippen LogP contribution in [0.15, 0.2) is 192 Å². The summed E-state index contributed by atoms with van der Waals surface area (Å²) in [6.07, 6.45) is 0. The van der Waals surface area contributed by atoms with Gasteiger partial charge in [0.1, 0.15) is 11.2 Å². The number of furan rings is 1. The van der Waals surface area contributed by atoms with Crippen LogP contribution in [0.25, 0.3) is 95.3 Å². The largest absolute Gasteiger partial charge is 0.455 e. The fourth-order valence-electron chi connectivity index (χ4n) is 8.75. The average Bonchev–Trinajstić information content (AvgIpc) is 3.96. The first-order valence-electron chi connectivity index (χ1n) is 18.9. The summed E-state index contributed by atoms with van der Waals surface area (Å²) in [7, 11) is 0. The Morgan fingerprint density at radius 2 is 1.04 bits per heavy atom. The van der Waals surface area contributed by atoms with Crippen LogP contribution >= 0.6 is 22.7 Å². The smallest absolute Gasteiger partial charge is 0.143 e. The number of anilines is 3. The van der Waals surface area contributed by atoms with Gasteiger partial charge >= 0.3 is 0 Å². The van der Waals surface area contributed by atoms with Crippen molar-refractivity contribution in [2.24, 2.45) is 0 Å². The Morgan fingerprint density at radius 1 is 0.375 bits per heavy atom. The molecule has 0 unspecified atom stereocenters. The molecule has 0 spiro atoms. The van der Waals surface area contributed by atoms with Gasteiger partial charge in [-0.25, -0.2) is 0 Å². The van der Waals surface area contributed by atoms with Gasteiger partial charge in [0.15, 0.2) is 0 Å². The molecule has 12 aromatic rings. The Bertz CT molecular complexity index is 3480. The third-order valence-electron chi connectivity index (χ3n) is 11.3. The zero-order valence-corrected chi connectivity index (χ0v) is 31.7. The summed E-state index contributed by atoms with van der Waals surface area (Å²) in [4.78, 5) is 2.49. The molecule has 0 amide bonds. The number of benzene rings is 9. The number of thiophene rings is 2. The first kappa shape index (κ1) is 31.6. The molecule has 262 valence electrons. The van der Waals surface area contributed by atoms with Crippen molar-refractivity contribution in [2.75, 3.05) is 4.90 Å². The maximum Gasteiger partial charge on any atom is 0.143 e. The highest BCUT2D eigenvalue weighted by Crippen LogP contribution is 2.51. The van der Waals surface area contributed by atoms with Crippen LogP contribution < -0.4 is 4.90 Å². The van der Waals surface area contributed by atoms with Crippen LogP contribution in [0.3, 0.4) is 0 Å². The van der Waals surface area contributed by atoms with Crippen molar-refractivity contribution in [3.8, 4) is 22.3 Å². The Labute approximate surface area is 330 Å². The third kappa shape index (κ3) is 4.73. The van der Waals surface area contributed by atoms with E-state index in [1.807, 2.05) is 28.7 Å². The van der Waals surface area contributed by atoms with Gasteiger partial charge in [-0.15, -0.1) is 22.7 Å². The van der Waals surface area contributed by atoms with Gasteiger partial charge in [-0.1, -0.05) is 146 Å². The number of fused-ring (bicyclic) bond motifs is 11. The van der Waals surface area contributed by atoms with Crippen molar-refractivity contribution in [1.82, 2.24) is 0 Å². The van der Waals surface area contributed by atoms with Crippen molar-refractivity contribution in [1.29, 1.82) is 0 Å². The number of para-hydroxylation sites is 2. The minimum Gasteiger partial charge on any atom is -0.455 e. The molecule has 2 nitrogen and oxygen atoms in total. The lowest BCUT2D eigenvalue weighted by Crippen LogP contribution is -2.10. The molecular weight excluding hydrogens is 719 g/mol. The molecule has 0 radical (unpaired) electrons. The van der Waals surface area contributed by atoms with Crippen LogP contribution in [-0.4, -0.2) is 0 Å². The van der Waals surface area contributed by atoms with Crippen molar-refractivity contribution < 1.29 is 4.42 Å². The van der Waals surface area contributed by atoms with Gasteiger partial charge in [-0.3, -0.25) is 0 Å². The summed E-state index contributed by atoms with van der Waals surface area (Å²) in [5.74, 6) is 0. The number of rotatable bonds is 5. The highest BCUT2D eigenvalue weighted by atomic mass is 32.1. The summed E-state index contributed by atoms with van der Waals surface area (Å²) < 4.78 is 11.7. The zero-order valence-electron chi connectivity index (χ0n) is 30.1. The second-order valence-electron chi connectivity index (χ2n) is 14.4. The summed E-state index contributed by atoms with van der Waals surface area (Å²) in [5, 5.41) is 9.87.